The van der Waals surface area contributed by atoms with Crippen molar-refractivity contribution in [2.75, 3.05) is 13.2 Å². The molecule has 0 unspecified atom stereocenters. The summed E-state index contributed by atoms with van der Waals surface area (Å²) in [4.78, 5) is 0. The third-order valence-electron chi connectivity index (χ3n) is 6.83. The third-order valence-corrected chi connectivity index (χ3v) is 11.3. The van der Waals surface area contributed by atoms with Crippen molar-refractivity contribution in [3.8, 4) is 0 Å². The Labute approximate surface area is 183 Å². The Morgan fingerprint density at radius 2 is 1.67 bits per heavy atom. The molecule has 2 aliphatic rings. The van der Waals surface area contributed by atoms with Crippen molar-refractivity contribution >= 4 is 8.32 Å². The lowest BCUT2D eigenvalue weighted by Crippen LogP contribution is -2.58. The maximum Gasteiger partial charge on any atom is 0.192 e. The molecule has 0 aliphatic carbocycles. The first-order chi connectivity index (χ1) is 14.2. The quantitative estimate of drug-likeness (QED) is 0.629. The van der Waals surface area contributed by atoms with Gasteiger partial charge in [-0.05, 0) is 49.4 Å². The van der Waals surface area contributed by atoms with Gasteiger partial charge in [-0.25, -0.2) is 0 Å². The van der Waals surface area contributed by atoms with Gasteiger partial charge in [0.25, 0.3) is 0 Å². The molecule has 5 nitrogen and oxygen atoms in total. The molecule has 5 atom stereocenters. The zero-order chi connectivity index (χ0) is 21.8. The van der Waals surface area contributed by atoms with Gasteiger partial charge in [-0.1, -0.05) is 51.1 Å². The maximum absolute atomic E-state index is 10.7. The Morgan fingerprint density at radius 3 is 2.30 bits per heavy atom. The van der Waals surface area contributed by atoms with Gasteiger partial charge in [0, 0.05) is 13.2 Å². The second-order valence-corrected chi connectivity index (χ2v) is 15.0. The normalized spacial score (nSPS) is 29.5. The van der Waals surface area contributed by atoms with E-state index in [0.29, 0.717) is 19.8 Å². The van der Waals surface area contributed by atoms with Crippen LogP contribution in [0.1, 0.15) is 52.0 Å². The molecular formula is C24H40O5Si. The van der Waals surface area contributed by atoms with Gasteiger partial charge < -0.3 is 23.7 Å². The summed E-state index contributed by atoms with van der Waals surface area (Å²) in [5.41, 5.74) is 1.10. The molecule has 1 N–H and O–H groups in total. The Hall–Kier alpha value is -0.763. The van der Waals surface area contributed by atoms with E-state index in [0.717, 1.165) is 31.2 Å². The van der Waals surface area contributed by atoms with Crippen LogP contribution in [0, 0.1) is 0 Å². The van der Waals surface area contributed by atoms with E-state index in [1.54, 1.807) is 0 Å². The van der Waals surface area contributed by atoms with E-state index in [9.17, 15) is 5.11 Å². The molecule has 0 aromatic heterocycles. The van der Waals surface area contributed by atoms with Crippen LogP contribution in [-0.2, 0) is 25.2 Å². The molecule has 0 radical (unpaired) electrons. The molecule has 30 heavy (non-hydrogen) atoms. The van der Waals surface area contributed by atoms with Crippen LogP contribution in [0.2, 0.25) is 18.1 Å². The van der Waals surface area contributed by atoms with Gasteiger partial charge in [0.05, 0.1) is 18.8 Å². The molecule has 2 fully saturated rings. The molecule has 0 spiro atoms. The fraction of sp³-hybridized carbons (Fsp3) is 0.750. The zero-order valence-corrected chi connectivity index (χ0v) is 20.3. The summed E-state index contributed by atoms with van der Waals surface area (Å²) >= 11 is 0. The van der Waals surface area contributed by atoms with E-state index < -0.39 is 20.5 Å². The van der Waals surface area contributed by atoms with Crippen molar-refractivity contribution in [2.45, 2.75) is 102 Å². The number of rotatable bonds is 7. The smallest absolute Gasteiger partial charge is 0.192 e. The van der Waals surface area contributed by atoms with E-state index in [-0.39, 0.29) is 23.4 Å². The SMILES string of the molecule is CC(C)(C)[Si](C)(C)O[C@H]1CCCO[C@@H]1[C@H](OCc1ccccc1)[C@H]1OCCC[C@@H]1O. The van der Waals surface area contributed by atoms with Crippen molar-refractivity contribution in [2.24, 2.45) is 0 Å². The van der Waals surface area contributed by atoms with Crippen LogP contribution in [0.5, 0.6) is 0 Å². The molecule has 1 aromatic rings. The van der Waals surface area contributed by atoms with E-state index >= 15 is 0 Å². The van der Waals surface area contributed by atoms with Crippen molar-refractivity contribution in [1.29, 1.82) is 0 Å². The van der Waals surface area contributed by atoms with Gasteiger partial charge in [-0.15, -0.1) is 0 Å². The zero-order valence-electron chi connectivity index (χ0n) is 19.3. The predicted molar refractivity (Wildman–Crippen MR) is 121 cm³/mol. The van der Waals surface area contributed by atoms with Crippen LogP contribution in [0.15, 0.2) is 30.3 Å². The van der Waals surface area contributed by atoms with Crippen LogP contribution in [-0.4, -0.2) is 57.2 Å². The first-order valence-electron chi connectivity index (χ1n) is 11.4. The highest BCUT2D eigenvalue weighted by atomic mass is 28.4. The van der Waals surface area contributed by atoms with Gasteiger partial charge >= 0.3 is 0 Å². The minimum atomic E-state index is -1.97. The fourth-order valence-electron chi connectivity index (χ4n) is 4.01. The standard InChI is InChI=1S/C24H40O5Si/c1-24(2,3)30(4,5)29-20-14-10-16-27-22(20)23(21-19(25)13-9-15-26-21)28-17-18-11-7-6-8-12-18/h6-8,11-12,19-23,25H,9-10,13-17H2,1-5H3/t19-,20-,21-,22-,23+/m0/s1. The number of ether oxygens (including phenoxy) is 3. The maximum atomic E-state index is 10.7. The number of benzene rings is 1. The molecule has 2 heterocycles. The second kappa shape index (κ2) is 10.2. The minimum absolute atomic E-state index is 0.0434. The van der Waals surface area contributed by atoms with Crippen molar-refractivity contribution in [3.05, 3.63) is 35.9 Å². The molecule has 3 rings (SSSR count). The van der Waals surface area contributed by atoms with E-state index in [2.05, 4.69) is 46.0 Å². The fourth-order valence-corrected chi connectivity index (χ4v) is 5.37. The Kier molecular flexibility index (Phi) is 8.15. The summed E-state index contributed by atoms with van der Waals surface area (Å²) in [5.74, 6) is 0. The lowest BCUT2D eigenvalue weighted by atomic mass is 9.92. The lowest BCUT2D eigenvalue weighted by Gasteiger charge is -2.46. The summed E-state index contributed by atoms with van der Waals surface area (Å²) in [6, 6.07) is 10.1. The van der Waals surface area contributed by atoms with Gasteiger partial charge in [-0.2, -0.15) is 0 Å². The van der Waals surface area contributed by atoms with Crippen LogP contribution in [0.25, 0.3) is 0 Å². The van der Waals surface area contributed by atoms with Crippen LogP contribution in [0.3, 0.4) is 0 Å². The Balaban J connectivity index is 1.81. The second-order valence-electron chi connectivity index (χ2n) is 10.2. The average Bonchev–Trinajstić information content (AvgIpc) is 2.70. The molecule has 0 amide bonds. The van der Waals surface area contributed by atoms with Crippen LogP contribution in [0.4, 0.5) is 0 Å². The van der Waals surface area contributed by atoms with Gasteiger partial charge in [0.15, 0.2) is 8.32 Å². The number of hydrogen-bond donors (Lipinski definition) is 1. The summed E-state index contributed by atoms with van der Waals surface area (Å²) in [6.45, 7) is 13.1. The molecule has 0 bridgehead atoms. The van der Waals surface area contributed by atoms with Gasteiger partial charge in [0.2, 0.25) is 0 Å². The minimum Gasteiger partial charge on any atom is -0.411 e. The topological polar surface area (TPSA) is 57.2 Å². The lowest BCUT2D eigenvalue weighted by molar-refractivity contribution is -0.212. The van der Waals surface area contributed by atoms with Crippen molar-refractivity contribution < 1.29 is 23.7 Å². The Morgan fingerprint density at radius 1 is 1.03 bits per heavy atom. The molecule has 0 saturated carbocycles. The number of aliphatic hydroxyl groups is 1. The summed E-state index contributed by atoms with van der Waals surface area (Å²) < 4.78 is 25.6. The number of hydrogen-bond acceptors (Lipinski definition) is 5. The average molecular weight is 437 g/mol. The highest BCUT2D eigenvalue weighted by molar-refractivity contribution is 6.74. The summed E-state index contributed by atoms with van der Waals surface area (Å²) in [7, 11) is -1.97. The highest BCUT2D eigenvalue weighted by Crippen LogP contribution is 2.40. The third kappa shape index (κ3) is 5.93. The predicted octanol–water partition coefficient (Wildman–Crippen LogP) is 4.68. The van der Waals surface area contributed by atoms with E-state index in [1.165, 1.54) is 0 Å². The van der Waals surface area contributed by atoms with E-state index in [4.69, 9.17) is 18.6 Å². The van der Waals surface area contributed by atoms with Crippen molar-refractivity contribution in [1.82, 2.24) is 0 Å². The first kappa shape index (κ1) is 23.9. The number of aliphatic hydroxyl groups excluding tert-OH is 1. The van der Waals surface area contributed by atoms with E-state index in [1.807, 2.05) is 18.2 Å². The van der Waals surface area contributed by atoms with Gasteiger partial charge in [-0.3, -0.25) is 0 Å². The summed E-state index contributed by atoms with van der Waals surface area (Å²) in [6.07, 6.45) is 1.95. The molecule has 1 aromatic carbocycles. The molecule has 2 saturated heterocycles. The molecule has 170 valence electrons. The largest absolute Gasteiger partial charge is 0.411 e. The molecular weight excluding hydrogens is 396 g/mol. The van der Waals surface area contributed by atoms with Crippen LogP contribution >= 0.6 is 0 Å². The molecule has 2 aliphatic heterocycles. The highest BCUT2D eigenvalue weighted by Gasteiger charge is 2.47. The van der Waals surface area contributed by atoms with Crippen LogP contribution < -0.4 is 0 Å². The summed E-state index contributed by atoms with van der Waals surface area (Å²) in [5, 5.41) is 10.8. The molecule has 6 heteroatoms. The van der Waals surface area contributed by atoms with Gasteiger partial charge in [0.1, 0.15) is 18.3 Å². The first-order valence-corrected chi connectivity index (χ1v) is 14.3. The Bertz CT molecular complexity index is 645. The monoisotopic (exact) mass is 436 g/mol. The van der Waals surface area contributed by atoms with Crippen molar-refractivity contribution in [3.63, 3.8) is 0 Å².